The van der Waals surface area contributed by atoms with Crippen molar-refractivity contribution in [2.24, 2.45) is 0 Å². The number of carboxylic acid groups (broad SMARTS) is 1. The molecule has 12 nitrogen and oxygen atoms in total. The number of anilines is 1. The molecular formula is C30H38N6O6. The molecule has 3 aromatic rings. The maximum absolute atomic E-state index is 12.8. The molecule has 0 aliphatic carbocycles. The molecular weight excluding hydrogens is 540 g/mol. The summed E-state index contributed by atoms with van der Waals surface area (Å²) in [5.41, 5.74) is 3.69. The highest BCUT2D eigenvalue weighted by Gasteiger charge is 2.28. The van der Waals surface area contributed by atoms with E-state index in [1.165, 1.54) is 22.4 Å². The molecule has 1 aromatic carbocycles. The van der Waals surface area contributed by atoms with E-state index in [1.807, 2.05) is 19.9 Å². The third-order valence-corrected chi connectivity index (χ3v) is 7.95. The fourth-order valence-electron chi connectivity index (χ4n) is 5.57. The number of benzene rings is 1. The van der Waals surface area contributed by atoms with Gasteiger partial charge >= 0.3 is 6.09 Å². The number of ether oxygens (including phenoxy) is 1. The number of aryl methyl sites for hydroxylation is 1. The molecule has 3 atom stereocenters. The third-order valence-electron chi connectivity index (χ3n) is 7.95. The van der Waals surface area contributed by atoms with Crippen LogP contribution in [0.15, 0.2) is 47.3 Å². The van der Waals surface area contributed by atoms with Crippen molar-refractivity contribution < 1.29 is 29.0 Å². The van der Waals surface area contributed by atoms with Gasteiger partial charge in [0.2, 0.25) is 0 Å². The molecule has 0 spiro atoms. The van der Waals surface area contributed by atoms with E-state index in [1.54, 1.807) is 18.3 Å². The van der Waals surface area contributed by atoms with Gasteiger partial charge in [-0.25, -0.2) is 14.8 Å². The van der Waals surface area contributed by atoms with E-state index in [4.69, 9.17) is 9.15 Å². The topological polar surface area (TPSA) is 153 Å². The molecule has 2 aromatic heterocycles. The summed E-state index contributed by atoms with van der Waals surface area (Å²) in [5.74, 6) is 1.78. The van der Waals surface area contributed by atoms with Crippen LogP contribution in [0.2, 0.25) is 0 Å². The number of carbonyl (C=O) groups excluding carboxylic acids is 1. The Bertz CT molecular complexity index is 1400. The van der Waals surface area contributed by atoms with Crippen molar-refractivity contribution in [1.82, 2.24) is 25.1 Å². The van der Waals surface area contributed by atoms with Gasteiger partial charge in [-0.15, -0.1) is 0 Å². The largest absolute Gasteiger partial charge is 0.486 e. The van der Waals surface area contributed by atoms with Crippen LogP contribution in [-0.4, -0.2) is 86.3 Å². The summed E-state index contributed by atoms with van der Waals surface area (Å²) in [6.07, 6.45) is 3.54. The monoisotopic (exact) mass is 578 g/mol. The van der Waals surface area contributed by atoms with E-state index in [-0.39, 0.29) is 24.5 Å². The zero-order chi connectivity index (χ0) is 29.6. The second kappa shape index (κ2) is 13.2. The second-order valence-electron chi connectivity index (χ2n) is 11.0. The zero-order valence-corrected chi connectivity index (χ0v) is 24.0. The SMILES string of the molecule is Cc1ncoc1COc1ccc2c(c1)CCN(CC(O)CNC(=O)c1ccnc(N[C@H]3CCN(C(=O)O)[C@H](C)C3)c1)C2. The standard InChI is InChI=1S/C30H38N6O6/c1-19-11-24(7-10-36(19)30(39)40)34-28-13-22(5-8-31-28)29(38)32-14-25(37)16-35-9-6-21-12-26(4-3-23(21)15-35)41-17-27-20(2)33-18-42-27/h3-5,8,12-13,18-19,24-25,37H,6-7,9-11,14-17H2,1-2H3,(H,31,34)(H,32,38)(H,39,40)/t19-,24+,25?/m1/s1. The van der Waals surface area contributed by atoms with Gasteiger partial charge in [-0.3, -0.25) is 9.69 Å². The van der Waals surface area contributed by atoms with Gasteiger partial charge in [0, 0.05) is 56.6 Å². The number of aliphatic hydroxyl groups is 1. The van der Waals surface area contributed by atoms with Gasteiger partial charge in [0.25, 0.3) is 5.91 Å². The molecule has 2 aliphatic heterocycles. The highest BCUT2D eigenvalue weighted by atomic mass is 16.5. The molecule has 0 bridgehead atoms. The van der Waals surface area contributed by atoms with Crippen LogP contribution in [0.1, 0.15) is 52.7 Å². The summed E-state index contributed by atoms with van der Waals surface area (Å²) < 4.78 is 11.2. The van der Waals surface area contributed by atoms with E-state index in [0.29, 0.717) is 56.2 Å². The molecule has 224 valence electrons. The Kier molecular flexibility index (Phi) is 9.23. The van der Waals surface area contributed by atoms with Gasteiger partial charge in [0.05, 0.1) is 11.8 Å². The number of carbonyl (C=O) groups is 2. The fraction of sp³-hybridized carbons (Fsp3) is 0.467. The number of pyridine rings is 1. The number of amides is 2. The van der Waals surface area contributed by atoms with E-state index in [0.717, 1.165) is 24.4 Å². The number of oxazole rings is 1. The van der Waals surface area contributed by atoms with Crippen molar-refractivity contribution in [1.29, 1.82) is 0 Å². The number of piperidine rings is 1. The van der Waals surface area contributed by atoms with Gasteiger partial charge in [-0.1, -0.05) is 6.07 Å². The minimum Gasteiger partial charge on any atom is -0.486 e. The second-order valence-corrected chi connectivity index (χ2v) is 11.0. The lowest BCUT2D eigenvalue weighted by Gasteiger charge is -2.36. The van der Waals surface area contributed by atoms with Crippen LogP contribution in [-0.2, 0) is 19.6 Å². The van der Waals surface area contributed by atoms with Crippen LogP contribution in [0, 0.1) is 6.92 Å². The predicted molar refractivity (Wildman–Crippen MR) is 154 cm³/mol. The first-order valence-corrected chi connectivity index (χ1v) is 14.3. The lowest BCUT2D eigenvalue weighted by atomic mass is 9.98. The number of hydrogen-bond acceptors (Lipinski definition) is 9. The van der Waals surface area contributed by atoms with Crippen molar-refractivity contribution in [2.45, 2.75) is 64.4 Å². The number of aliphatic hydroxyl groups excluding tert-OH is 1. The first-order valence-electron chi connectivity index (χ1n) is 14.3. The molecule has 4 heterocycles. The molecule has 12 heteroatoms. The van der Waals surface area contributed by atoms with Gasteiger partial charge in [-0.05, 0) is 68.5 Å². The Labute approximate surface area is 244 Å². The maximum atomic E-state index is 12.8. The molecule has 0 radical (unpaired) electrons. The lowest BCUT2D eigenvalue weighted by Crippen LogP contribution is -2.47. The number of aromatic nitrogens is 2. The summed E-state index contributed by atoms with van der Waals surface area (Å²) in [4.78, 5) is 36.2. The number of nitrogens with zero attached hydrogens (tertiary/aromatic N) is 4. The molecule has 1 unspecified atom stereocenters. The van der Waals surface area contributed by atoms with Crippen molar-refractivity contribution in [3.63, 3.8) is 0 Å². The summed E-state index contributed by atoms with van der Waals surface area (Å²) >= 11 is 0. The minimum absolute atomic E-state index is 0.0700. The van der Waals surface area contributed by atoms with Crippen LogP contribution in [0.25, 0.3) is 0 Å². The molecule has 4 N–H and O–H groups in total. The summed E-state index contributed by atoms with van der Waals surface area (Å²) in [5, 5.41) is 26.1. The zero-order valence-electron chi connectivity index (χ0n) is 24.0. The normalized spacial score (nSPS) is 19.5. The van der Waals surface area contributed by atoms with E-state index >= 15 is 0 Å². The number of fused-ring (bicyclic) bond motifs is 1. The van der Waals surface area contributed by atoms with Crippen molar-refractivity contribution in [3.8, 4) is 5.75 Å². The minimum atomic E-state index is -0.903. The van der Waals surface area contributed by atoms with Crippen LogP contribution in [0.5, 0.6) is 5.75 Å². The Morgan fingerprint density at radius 2 is 2.05 bits per heavy atom. The average Bonchev–Trinajstić information content (AvgIpc) is 3.39. The Morgan fingerprint density at radius 3 is 2.81 bits per heavy atom. The maximum Gasteiger partial charge on any atom is 0.407 e. The number of β-amino-alcohol motifs (C(OH)–C–C–N with tert-alkyl or cyclic N) is 1. The Balaban J connectivity index is 1.06. The van der Waals surface area contributed by atoms with Crippen LogP contribution < -0.4 is 15.4 Å². The van der Waals surface area contributed by atoms with Gasteiger partial charge < -0.3 is 34.9 Å². The van der Waals surface area contributed by atoms with Crippen LogP contribution in [0.3, 0.4) is 0 Å². The predicted octanol–water partition coefficient (Wildman–Crippen LogP) is 3.05. The molecule has 42 heavy (non-hydrogen) atoms. The first-order chi connectivity index (χ1) is 20.2. The number of hydrogen-bond donors (Lipinski definition) is 4. The molecule has 0 saturated carbocycles. The highest BCUT2D eigenvalue weighted by molar-refractivity contribution is 5.94. The lowest BCUT2D eigenvalue weighted by molar-refractivity contribution is 0.0841. The number of nitrogens with one attached hydrogen (secondary N) is 2. The smallest absolute Gasteiger partial charge is 0.407 e. The molecule has 1 fully saturated rings. The fourth-order valence-corrected chi connectivity index (χ4v) is 5.57. The van der Waals surface area contributed by atoms with E-state index < -0.39 is 12.2 Å². The van der Waals surface area contributed by atoms with E-state index in [9.17, 15) is 19.8 Å². The van der Waals surface area contributed by atoms with E-state index in [2.05, 4.69) is 37.6 Å². The van der Waals surface area contributed by atoms with Crippen molar-refractivity contribution in [3.05, 3.63) is 71.1 Å². The third kappa shape index (κ3) is 7.37. The molecule has 2 aliphatic rings. The Hall–Kier alpha value is -4.16. The summed E-state index contributed by atoms with van der Waals surface area (Å²) in [6, 6.07) is 9.36. The first kappa shape index (κ1) is 29.3. The molecule has 5 rings (SSSR count). The molecule has 1 saturated heterocycles. The van der Waals surface area contributed by atoms with Crippen molar-refractivity contribution in [2.75, 3.05) is 31.5 Å². The van der Waals surface area contributed by atoms with Crippen molar-refractivity contribution >= 4 is 17.8 Å². The quantitative estimate of drug-likeness (QED) is 0.282. The van der Waals surface area contributed by atoms with Crippen LogP contribution >= 0.6 is 0 Å². The number of rotatable bonds is 10. The van der Waals surface area contributed by atoms with Gasteiger partial charge in [0.15, 0.2) is 12.2 Å². The number of likely N-dealkylation sites (tertiary alicyclic amines) is 1. The molecule has 2 amide bonds. The summed E-state index contributed by atoms with van der Waals surface area (Å²) in [7, 11) is 0. The van der Waals surface area contributed by atoms with Gasteiger partial charge in [-0.2, -0.15) is 0 Å². The summed E-state index contributed by atoms with van der Waals surface area (Å²) in [6.45, 7) is 6.65. The van der Waals surface area contributed by atoms with Crippen LogP contribution in [0.4, 0.5) is 10.6 Å². The highest BCUT2D eigenvalue weighted by Crippen LogP contribution is 2.25. The Morgan fingerprint density at radius 1 is 1.19 bits per heavy atom. The van der Waals surface area contributed by atoms with Gasteiger partial charge in [0.1, 0.15) is 18.2 Å². The average molecular weight is 579 g/mol.